The number of hydrogen-bond acceptors (Lipinski definition) is 10. The first-order valence-electron chi connectivity index (χ1n) is 10.2. The fourth-order valence-electron chi connectivity index (χ4n) is 4.08. The zero-order valence-corrected chi connectivity index (χ0v) is 17.0. The number of anilines is 2. The van der Waals surface area contributed by atoms with Gasteiger partial charge in [-0.1, -0.05) is 5.10 Å². The highest BCUT2D eigenvalue weighted by Crippen LogP contribution is 2.31. The Labute approximate surface area is 183 Å². The van der Waals surface area contributed by atoms with Crippen molar-refractivity contribution < 1.29 is 17.6 Å². The normalized spacial score (nSPS) is 16.1. The van der Waals surface area contributed by atoms with Gasteiger partial charge < -0.3 is 19.1 Å². The van der Waals surface area contributed by atoms with Gasteiger partial charge in [-0.25, -0.2) is 28.6 Å². The molecule has 1 fully saturated rings. The minimum atomic E-state index is -0.838. The molecule has 0 radical (unpaired) electrons. The first kappa shape index (κ1) is 19.5. The van der Waals surface area contributed by atoms with Crippen molar-refractivity contribution in [2.75, 3.05) is 23.3 Å². The second-order valence-electron chi connectivity index (χ2n) is 8.02. The van der Waals surface area contributed by atoms with E-state index in [4.69, 9.17) is 8.83 Å². The summed E-state index contributed by atoms with van der Waals surface area (Å²) in [5.41, 5.74) is 2.11. The molecule has 0 saturated carbocycles. The zero-order valence-electron chi connectivity index (χ0n) is 17.0. The van der Waals surface area contributed by atoms with Crippen LogP contribution in [0.5, 0.6) is 0 Å². The van der Waals surface area contributed by atoms with E-state index in [2.05, 4.69) is 35.7 Å². The highest BCUT2D eigenvalue weighted by Gasteiger charge is 2.35. The number of rotatable bonds is 5. The van der Waals surface area contributed by atoms with E-state index in [1.165, 1.54) is 12.1 Å². The van der Waals surface area contributed by atoms with Gasteiger partial charge in [0.05, 0.1) is 11.5 Å². The number of nitrogens with zero attached hydrogens (tertiary/aromatic N) is 6. The van der Waals surface area contributed by atoms with E-state index >= 15 is 0 Å². The van der Waals surface area contributed by atoms with Crippen molar-refractivity contribution in [2.24, 2.45) is 0 Å². The van der Waals surface area contributed by atoms with Gasteiger partial charge in [0.15, 0.2) is 11.6 Å². The average Bonchev–Trinajstić information content (AvgIpc) is 3.49. The van der Waals surface area contributed by atoms with E-state index in [9.17, 15) is 13.6 Å². The maximum absolute atomic E-state index is 13.4. The lowest BCUT2D eigenvalue weighted by atomic mass is 10.0. The quantitative estimate of drug-likeness (QED) is 0.458. The highest BCUT2D eigenvalue weighted by molar-refractivity contribution is 5.52. The van der Waals surface area contributed by atoms with Crippen molar-refractivity contribution in [1.82, 2.24) is 30.4 Å². The molecule has 168 valence electrons. The Bertz CT molecular complexity index is 1350. The van der Waals surface area contributed by atoms with Gasteiger partial charge in [-0.15, -0.1) is 10.2 Å². The monoisotopic (exact) mass is 454 g/mol. The van der Waals surface area contributed by atoms with Crippen LogP contribution in [-0.2, 0) is 12.8 Å². The van der Waals surface area contributed by atoms with Gasteiger partial charge in [0.2, 0.25) is 11.8 Å². The van der Waals surface area contributed by atoms with Crippen molar-refractivity contribution in [3.63, 3.8) is 0 Å². The summed E-state index contributed by atoms with van der Waals surface area (Å²) in [6.45, 7) is 1.07. The van der Waals surface area contributed by atoms with Gasteiger partial charge in [0, 0.05) is 31.5 Å². The molecule has 11 nitrogen and oxygen atoms in total. The number of halogens is 2. The minimum Gasteiger partial charge on any atom is -0.403 e. The molecule has 0 spiro atoms. The van der Waals surface area contributed by atoms with Crippen LogP contribution in [0.3, 0.4) is 0 Å². The SMILES string of the molecule is O=c1[nH]nc(C2CN(c3nnc(-c4cnc(NC5Cc6cc(F)c(F)cc6C5)nc4)o3)C2)o1. The van der Waals surface area contributed by atoms with Crippen LogP contribution in [0, 0.1) is 11.6 Å². The first-order chi connectivity index (χ1) is 16.0. The van der Waals surface area contributed by atoms with E-state index in [1.807, 2.05) is 4.90 Å². The molecule has 1 aliphatic carbocycles. The molecule has 6 rings (SSSR count). The summed E-state index contributed by atoms with van der Waals surface area (Å²) in [5, 5.41) is 17.3. The number of H-pyrrole nitrogens is 1. The Morgan fingerprint density at radius 2 is 1.73 bits per heavy atom. The van der Waals surface area contributed by atoms with Crippen LogP contribution in [0.25, 0.3) is 11.5 Å². The Kier molecular flexibility index (Phi) is 4.41. The van der Waals surface area contributed by atoms with Crippen LogP contribution < -0.4 is 16.0 Å². The van der Waals surface area contributed by atoms with Crippen LogP contribution in [0.15, 0.2) is 38.2 Å². The largest absolute Gasteiger partial charge is 0.434 e. The van der Waals surface area contributed by atoms with Crippen molar-refractivity contribution in [3.8, 4) is 11.5 Å². The third-order valence-electron chi connectivity index (χ3n) is 5.78. The van der Waals surface area contributed by atoms with Gasteiger partial charge in [-0.05, 0) is 36.1 Å². The molecule has 1 aliphatic heterocycles. The fourth-order valence-corrected chi connectivity index (χ4v) is 4.08. The molecule has 4 heterocycles. The Hall–Kier alpha value is -4.16. The summed E-state index contributed by atoms with van der Waals surface area (Å²) in [5.74, 6) is -1.27. The minimum absolute atomic E-state index is 0.0253. The van der Waals surface area contributed by atoms with Gasteiger partial charge in [-0.2, -0.15) is 0 Å². The summed E-state index contributed by atoms with van der Waals surface area (Å²) >= 11 is 0. The fraction of sp³-hybridized carbons (Fsp3) is 0.300. The predicted octanol–water partition coefficient (Wildman–Crippen LogP) is 1.66. The molecule has 0 amide bonds. The summed E-state index contributed by atoms with van der Waals surface area (Å²) < 4.78 is 37.6. The lowest BCUT2D eigenvalue weighted by Gasteiger charge is -2.35. The lowest BCUT2D eigenvalue weighted by molar-refractivity contribution is 0.365. The maximum atomic E-state index is 13.4. The first-order valence-corrected chi connectivity index (χ1v) is 10.2. The Balaban J connectivity index is 1.08. The van der Waals surface area contributed by atoms with E-state index in [0.717, 1.165) is 11.1 Å². The standard InChI is InChI=1S/C20H16F2N8O3/c21-14-3-9-1-13(2-10(9)4-15(14)22)25-18-23-5-11(6-24-18)16-26-28-19(32-16)30-7-12(8-30)17-27-29-20(31)33-17/h3-6,12-13H,1-2,7-8H2,(H,29,31)(H,23,24,25). The zero-order chi connectivity index (χ0) is 22.5. The van der Waals surface area contributed by atoms with Gasteiger partial charge in [0.1, 0.15) is 0 Å². The van der Waals surface area contributed by atoms with Crippen LogP contribution >= 0.6 is 0 Å². The third-order valence-corrected chi connectivity index (χ3v) is 5.78. The molecular formula is C20H16F2N8O3. The molecular weight excluding hydrogens is 438 g/mol. The van der Waals surface area contributed by atoms with Crippen LogP contribution in [0.1, 0.15) is 22.9 Å². The topological polar surface area (TPSA) is 139 Å². The van der Waals surface area contributed by atoms with Crippen molar-refractivity contribution in [3.05, 3.63) is 63.7 Å². The number of hydrogen-bond donors (Lipinski definition) is 2. The second-order valence-corrected chi connectivity index (χ2v) is 8.02. The number of benzene rings is 1. The van der Waals surface area contributed by atoms with E-state index in [0.29, 0.717) is 49.3 Å². The summed E-state index contributed by atoms with van der Waals surface area (Å²) in [6, 6.07) is 2.77. The summed E-state index contributed by atoms with van der Waals surface area (Å²) in [6.07, 6.45) is 4.24. The average molecular weight is 454 g/mol. The van der Waals surface area contributed by atoms with Gasteiger partial charge in [-0.3, -0.25) is 0 Å². The van der Waals surface area contributed by atoms with Crippen molar-refractivity contribution in [1.29, 1.82) is 0 Å². The number of fused-ring (bicyclic) bond motifs is 1. The van der Waals surface area contributed by atoms with Crippen LogP contribution in [0.4, 0.5) is 20.7 Å². The van der Waals surface area contributed by atoms with E-state index in [1.54, 1.807) is 12.4 Å². The number of aromatic nitrogens is 6. The Morgan fingerprint density at radius 1 is 1.03 bits per heavy atom. The molecule has 1 aromatic carbocycles. The number of nitrogens with one attached hydrogen (secondary N) is 2. The van der Waals surface area contributed by atoms with Gasteiger partial charge >= 0.3 is 11.8 Å². The lowest BCUT2D eigenvalue weighted by Crippen LogP contribution is -2.45. The maximum Gasteiger partial charge on any atom is 0.434 e. The van der Waals surface area contributed by atoms with Crippen molar-refractivity contribution in [2.45, 2.75) is 24.8 Å². The molecule has 3 aromatic heterocycles. The summed E-state index contributed by atoms with van der Waals surface area (Å²) in [7, 11) is 0. The summed E-state index contributed by atoms with van der Waals surface area (Å²) in [4.78, 5) is 21.5. The van der Waals surface area contributed by atoms with Crippen molar-refractivity contribution >= 4 is 12.0 Å². The molecule has 33 heavy (non-hydrogen) atoms. The van der Waals surface area contributed by atoms with E-state index in [-0.39, 0.29) is 17.9 Å². The molecule has 2 aliphatic rings. The highest BCUT2D eigenvalue weighted by atomic mass is 19.2. The molecule has 2 N–H and O–H groups in total. The Morgan fingerprint density at radius 3 is 2.36 bits per heavy atom. The molecule has 0 atom stereocenters. The molecule has 0 unspecified atom stereocenters. The van der Waals surface area contributed by atoms with Crippen LogP contribution in [-0.4, -0.2) is 49.5 Å². The van der Waals surface area contributed by atoms with Gasteiger partial charge in [0.25, 0.3) is 5.89 Å². The predicted molar refractivity (Wildman–Crippen MR) is 109 cm³/mol. The second kappa shape index (κ2) is 7.46. The number of aromatic amines is 1. The van der Waals surface area contributed by atoms with E-state index < -0.39 is 17.4 Å². The smallest absolute Gasteiger partial charge is 0.403 e. The molecule has 13 heteroatoms. The van der Waals surface area contributed by atoms with Crippen LogP contribution in [0.2, 0.25) is 0 Å². The molecule has 0 bridgehead atoms. The molecule has 1 saturated heterocycles. The molecule has 4 aromatic rings. The third kappa shape index (κ3) is 3.60.